The molecule has 2 aliphatic rings. The molecule has 0 nitrogen and oxygen atoms in total. The molecule has 0 heterocycles. The van der Waals surface area contributed by atoms with Crippen molar-refractivity contribution < 1.29 is 0 Å². The Morgan fingerprint density at radius 3 is 2.36 bits per heavy atom. The van der Waals surface area contributed by atoms with E-state index in [1.165, 1.54) is 44.9 Å². The Bertz CT molecular complexity index is 170. The fourth-order valence-corrected chi connectivity index (χ4v) is 2.87. The van der Waals surface area contributed by atoms with Crippen LogP contribution < -0.4 is 0 Å². The van der Waals surface area contributed by atoms with Gasteiger partial charge in [0.2, 0.25) is 0 Å². The molecule has 0 radical (unpaired) electrons. The highest BCUT2D eigenvalue weighted by Gasteiger charge is 2.35. The highest BCUT2D eigenvalue weighted by Crippen LogP contribution is 2.49. The lowest BCUT2D eigenvalue weighted by atomic mass is 9.72. The Kier molecular flexibility index (Phi) is 1.78. The van der Waals surface area contributed by atoms with Crippen molar-refractivity contribution in [3.8, 4) is 0 Å². The van der Waals surface area contributed by atoms with E-state index < -0.39 is 0 Å². The molecule has 2 rings (SSSR count). The summed E-state index contributed by atoms with van der Waals surface area (Å²) >= 11 is 0. The summed E-state index contributed by atoms with van der Waals surface area (Å²) in [5.74, 6) is 0. The standard InChI is InChI=1S/C11H18/c1-10-6-2-3-7-11(10)8-4-5-9-11/h6H,2-5,7-9H2,1H3. The van der Waals surface area contributed by atoms with Crippen LogP contribution in [0.15, 0.2) is 11.6 Å². The quantitative estimate of drug-likeness (QED) is 0.462. The van der Waals surface area contributed by atoms with Gasteiger partial charge < -0.3 is 0 Å². The van der Waals surface area contributed by atoms with Gasteiger partial charge in [-0.25, -0.2) is 0 Å². The zero-order valence-electron chi connectivity index (χ0n) is 7.53. The monoisotopic (exact) mass is 150 g/mol. The maximum absolute atomic E-state index is 2.48. The van der Waals surface area contributed by atoms with E-state index in [4.69, 9.17) is 0 Å². The fourth-order valence-electron chi connectivity index (χ4n) is 2.87. The molecule has 0 aromatic heterocycles. The first-order valence-corrected chi connectivity index (χ1v) is 5.01. The van der Waals surface area contributed by atoms with Crippen molar-refractivity contribution in [3.63, 3.8) is 0 Å². The van der Waals surface area contributed by atoms with E-state index in [1.807, 2.05) is 0 Å². The van der Waals surface area contributed by atoms with Gasteiger partial charge in [0, 0.05) is 0 Å². The van der Waals surface area contributed by atoms with E-state index >= 15 is 0 Å². The van der Waals surface area contributed by atoms with Crippen LogP contribution in [0.3, 0.4) is 0 Å². The van der Waals surface area contributed by atoms with Gasteiger partial charge in [-0.3, -0.25) is 0 Å². The van der Waals surface area contributed by atoms with E-state index in [1.54, 1.807) is 5.57 Å². The number of hydrogen-bond acceptors (Lipinski definition) is 0. The summed E-state index contributed by atoms with van der Waals surface area (Å²) in [4.78, 5) is 0. The summed E-state index contributed by atoms with van der Waals surface area (Å²) in [7, 11) is 0. The minimum absolute atomic E-state index is 0.693. The van der Waals surface area contributed by atoms with Crippen LogP contribution in [0.5, 0.6) is 0 Å². The van der Waals surface area contributed by atoms with Crippen molar-refractivity contribution in [1.29, 1.82) is 0 Å². The van der Waals surface area contributed by atoms with Crippen LogP contribution >= 0.6 is 0 Å². The number of hydrogen-bond donors (Lipinski definition) is 0. The first-order chi connectivity index (χ1) is 5.33. The van der Waals surface area contributed by atoms with Gasteiger partial charge in [-0.2, -0.15) is 0 Å². The van der Waals surface area contributed by atoms with Crippen molar-refractivity contribution in [2.75, 3.05) is 0 Å². The minimum atomic E-state index is 0.693. The van der Waals surface area contributed by atoms with Crippen LogP contribution in [0.4, 0.5) is 0 Å². The van der Waals surface area contributed by atoms with Crippen molar-refractivity contribution in [1.82, 2.24) is 0 Å². The molecule has 0 aliphatic heterocycles. The Labute approximate surface area is 69.7 Å². The van der Waals surface area contributed by atoms with Crippen LogP contribution in [0.2, 0.25) is 0 Å². The molecule has 0 saturated heterocycles. The second kappa shape index (κ2) is 2.66. The molecular weight excluding hydrogens is 132 g/mol. The molecule has 0 heteroatoms. The van der Waals surface area contributed by atoms with E-state index in [-0.39, 0.29) is 0 Å². The molecule has 11 heavy (non-hydrogen) atoms. The molecule has 0 atom stereocenters. The van der Waals surface area contributed by atoms with E-state index in [9.17, 15) is 0 Å². The van der Waals surface area contributed by atoms with Gasteiger partial charge >= 0.3 is 0 Å². The lowest BCUT2D eigenvalue weighted by molar-refractivity contribution is 0.313. The van der Waals surface area contributed by atoms with Gasteiger partial charge in [0.25, 0.3) is 0 Å². The van der Waals surface area contributed by atoms with Crippen molar-refractivity contribution in [3.05, 3.63) is 11.6 Å². The van der Waals surface area contributed by atoms with Gasteiger partial charge in [0.15, 0.2) is 0 Å². The number of rotatable bonds is 0. The van der Waals surface area contributed by atoms with Crippen molar-refractivity contribution >= 4 is 0 Å². The summed E-state index contributed by atoms with van der Waals surface area (Å²) in [6.07, 6.45) is 12.7. The smallest absolute Gasteiger partial charge is 0.00907 e. The SMILES string of the molecule is CC1=CCCCC12CCCC2. The topological polar surface area (TPSA) is 0 Å². The first-order valence-electron chi connectivity index (χ1n) is 5.01. The highest BCUT2D eigenvalue weighted by molar-refractivity contribution is 5.16. The zero-order valence-corrected chi connectivity index (χ0v) is 7.53. The van der Waals surface area contributed by atoms with Crippen molar-refractivity contribution in [2.24, 2.45) is 5.41 Å². The lowest BCUT2D eigenvalue weighted by Crippen LogP contribution is -2.20. The predicted octanol–water partition coefficient (Wildman–Crippen LogP) is 3.68. The van der Waals surface area contributed by atoms with E-state index in [0.717, 1.165) is 0 Å². The van der Waals surface area contributed by atoms with Gasteiger partial charge in [0.05, 0.1) is 0 Å². The predicted molar refractivity (Wildman–Crippen MR) is 48.5 cm³/mol. The van der Waals surface area contributed by atoms with Gasteiger partial charge in [-0.15, -0.1) is 0 Å². The molecule has 0 bridgehead atoms. The molecule has 0 amide bonds. The molecule has 1 fully saturated rings. The Morgan fingerprint density at radius 2 is 1.73 bits per heavy atom. The van der Waals surface area contributed by atoms with Crippen LogP contribution in [-0.2, 0) is 0 Å². The maximum atomic E-state index is 2.48. The molecule has 62 valence electrons. The fraction of sp³-hybridized carbons (Fsp3) is 0.818. The molecule has 0 unspecified atom stereocenters. The molecule has 0 aromatic carbocycles. The first kappa shape index (κ1) is 7.39. The second-order valence-electron chi connectivity index (χ2n) is 4.27. The van der Waals surface area contributed by atoms with Crippen LogP contribution in [0, 0.1) is 5.41 Å². The van der Waals surface area contributed by atoms with Gasteiger partial charge in [0.1, 0.15) is 0 Å². The van der Waals surface area contributed by atoms with Crippen LogP contribution in [-0.4, -0.2) is 0 Å². The number of allylic oxidation sites excluding steroid dienone is 2. The van der Waals surface area contributed by atoms with E-state index in [2.05, 4.69) is 13.0 Å². The van der Waals surface area contributed by atoms with Crippen LogP contribution in [0.25, 0.3) is 0 Å². The molecule has 1 spiro atoms. The van der Waals surface area contributed by atoms with Crippen LogP contribution in [0.1, 0.15) is 51.9 Å². The second-order valence-corrected chi connectivity index (χ2v) is 4.27. The summed E-state index contributed by atoms with van der Waals surface area (Å²) in [6, 6.07) is 0. The average Bonchev–Trinajstić information content (AvgIpc) is 2.46. The molecule has 2 aliphatic carbocycles. The van der Waals surface area contributed by atoms with Gasteiger partial charge in [-0.1, -0.05) is 24.5 Å². The maximum Gasteiger partial charge on any atom is -0.00907 e. The Morgan fingerprint density at radius 1 is 1.09 bits per heavy atom. The lowest BCUT2D eigenvalue weighted by Gasteiger charge is -2.33. The largest absolute Gasteiger partial charge is 0.0850 e. The molecule has 0 aromatic rings. The zero-order chi connectivity index (χ0) is 7.73. The highest BCUT2D eigenvalue weighted by atomic mass is 14.4. The average molecular weight is 150 g/mol. The minimum Gasteiger partial charge on any atom is -0.0850 e. The summed E-state index contributed by atoms with van der Waals surface area (Å²) < 4.78 is 0. The Hall–Kier alpha value is -0.260. The molecule has 0 N–H and O–H groups in total. The van der Waals surface area contributed by atoms with Gasteiger partial charge in [-0.05, 0) is 44.4 Å². The summed E-state index contributed by atoms with van der Waals surface area (Å²) in [5.41, 5.74) is 2.40. The summed E-state index contributed by atoms with van der Waals surface area (Å²) in [6.45, 7) is 2.35. The van der Waals surface area contributed by atoms with E-state index in [0.29, 0.717) is 5.41 Å². The third kappa shape index (κ3) is 1.13. The van der Waals surface area contributed by atoms with Crippen molar-refractivity contribution in [2.45, 2.75) is 51.9 Å². The summed E-state index contributed by atoms with van der Waals surface area (Å²) in [5, 5.41) is 0. The normalized spacial score (nSPS) is 29.0. The third-order valence-electron chi connectivity index (χ3n) is 3.71. The Balaban J connectivity index is 2.21. The molecular formula is C11H18. The molecule has 1 saturated carbocycles. The third-order valence-corrected chi connectivity index (χ3v) is 3.71.